The van der Waals surface area contributed by atoms with Crippen LogP contribution in [-0.4, -0.2) is 19.5 Å². The minimum absolute atomic E-state index is 0.0111. The lowest BCUT2D eigenvalue weighted by atomic mass is 9.91. The smallest absolute Gasteiger partial charge is 0.216 e. The van der Waals surface area contributed by atoms with Crippen LogP contribution in [0.1, 0.15) is 22.8 Å². The van der Waals surface area contributed by atoms with Gasteiger partial charge in [0.05, 0.1) is 0 Å². The van der Waals surface area contributed by atoms with E-state index >= 15 is 0 Å². The minimum atomic E-state index is -0.917. The standard InChI is InChI=1S/C13H14O3/c1-3-16-13(15-2)9-8-12(14)10-6-4-5-7-11(10)13/h4-9H,3H2,1-2H3/t13-/m0/s1. The van der Waals surface area contributed by atoms with Crippen molar-refractivity contribution in [3.05, 3.63) is 47.5 Å². The Labute approximate surface area is 94.7 Å². The van der Waals surface area contributed by atoms with E-state index in [0.717, 1.165) is 5.56 Å². The van der Waals surface area contributed by atoms with E-state index in [1.165, 1.54) is 6.08 Å². The Hall–Kier alpha value is -1.45. The summed E-state index contributed by atoms with van der Waals surface area (Å²) in [7, 11) is 1.58. The van der Waals surface area contributed by atoms with Crippen LogP contribution in [0.4, 0.5) is 0 Å². The first-order valence-corrected chi connectivity index (χ1v) is 5.25. The van der Waals surface area contributed by atoms with Crippen molar-refractivity contribution in [3.63, 3.8) is 0 Å². The third kappa shape index (κ3) is 1.58. The van der Waals surface area contributed by atoms with Crippen LogP contribution in [0, 0.1) is 0 Å². The number of hydrogen-bond donors (Lipinski definition) is 0. The molecule has 1 aliphatic rings. The first-order valence-electron chi connectivity index (χ1n) is 5.25. The van der Waals surface area contributed by atoms with Crippen molar-refractivity contribution in [2.45, 2.75) is 12.7 Å². The quantitative estimate of drug-likeness (QED) is 0.730. The number of benzene rings is 1. The van der Waals surface area contributed by atoms with Crippen LogP contribution in [0.15, 0.2) is 36.4 Å². The first kappa shape index (κ1) is 11.0. The van der Waals surface area contributed by atoms with E-state index in [-0.39, 0.29) is 5.78 Å². The lowest BCUT2D eigenvalue weighted by Crippen LogP contribution is -2.34. The third-order valence-electron chi connectivity index (χ3n) is 2.68. The molecule has 0 N–H and O–H groups in total. The Kier molecular flexibility index (Phi) is 2.90. The van der Waals surface area contributed by atoms with Gasteiger partial charge >= 0.3 is 0 Å². The normalized spacial score (nSPS) is 23.2. The van der Waals surface area contributed by atoms with E-state index in [0.29, 0.717) is 12.2 Å². The highest BCUT2D eigenvalue weighted by Gasteiger charge is 2.36. The summed E-state index contributed by atoms with van der Waals surface area (Å²) in [5.41, 5.74) is 1.41. The van der Waals surface area contributed by atoms with Gasteiger partial charge in [0.1, 0.15) is 0 Å². The second-order valence-electron chi connectivity index (χ2n) is 3.55. The highest BCUT2D eigenvalue weighted by atomic mass is 16.7. The molecule has 1 aliphatic carbocycles. The van der Waals surface area contributed by atoms with E-state index in [2.05, 4.69) is 0 Å². The van der Waals surface area contributed by atoms with Crippen LogP contribution in [0.2, 0.25) is 0 Å². The fraction of sp³-hybridized carbons (Fsp3) is 0.308. The van der Waals surface area contributed by atoms with Crippen molar-refractivity contribution >= 4 is 5.78 Å². The Bertz CT molecular complexity index is 437. The highest BCUT2D eigenvalue weighted by Crippen LogP contribution is 2.34. The number of hydrogen-bond acceptors (Lipinski definition) is 3. The SMILES string of the molecule is CCO[C@@]1(OC)C=CC(=O)c2ccccc21. The monoisotopic (exact) mass is 218 g/mol. The van der Waals surface area contributed by atoms with Gasteiger partial charge in [0.25, 0.3) is 0 Å². The maximum Gasteiger partial charge on any atom is 0.216 e. The molecular weight excluding hydrogens is 204 g/mol. The Morgan fingerprint density at radius 1 is 1.31 bits per heavy atom. The molecule has 84 valence electrons. The largest absolute Gasteiger partial charge is 0.346 e. The molecule has 0 aromatic heterocycles. The molecule has 2 rings (SSSR count). The van der Waals surface area contributed by atoms with E-state index in [1.54, 1.807) is 19.3 Å². The second-order valence-corrected chi connectivity index (χ2v) is 3.55. The summed E-state index contributed by atoms with van der Waals surface area (Å²) in [6.07, 6.45) is 3.17. The zero-order valence-electron chi connectivity index (χ0n) is 9.40. The molecule has 0 heterocycles. The molecule has 1 aromatic rings. The van der Waals surface area contributed by atoms with Gasteiger partial charge < -0.3 is 9.47 Å². The van der Waals surface area contributed by atoms with Gasteiger partial charge in [0.15, 0.2) is 5.78 Å². The summed E-state index contributed by atoms with van der Waals surface area (Å²) in [4.78, 5) is 11.7. The Morgan fingerprint density at radius 2 is 2.06 bits per heavy atom. The molecule has 0 fully saturated rings. The Balaban J connectivity index is 2.57. The zero-order valence-corrected chi connectivity index (χ0v) is 9.40. The highest BCUT2D eigenvalue weighted by molar-refractivity contribution is 6.07. The average molecular weight is 218 g/mol. The zero-order chi connectivity index (χ0) is 11.6. The van der Waals surface area contributed by atoms with Gasteiger partial charge in [-0.15, -0.1) is 0 Å². The molecule has 1 aromatic carbocycles. The van der Waals surface area contributed by atoms with Gasteiger partial charge in [-0.25, -0.2) is 0 Å². The number of ether oxygens (including phenoxy) is 2. The minimum Gasteiger partial charge on any atom is -0.346 e. The van der Waals surface area contributed by atoms with Crippen LogP contribution in [0.3, 0.4) is 0 Å². The summed E-state index contributed by atoms with van der Waals surface area (Å²) in [6, 6.07) is 7.35. The predicted molar refractivity (Wildman–Crippen MR) is 60.2 cm³/mol. The summed E-state index contributed by atoms with van der Waals surface area (Å²) in [5, 5.41) is 0. The topological polar surface area (TPSA) is 35.5 Å². The summed E-state index contributed by atoms with van der Waals surface area (Å²) >= 11 is 0. The molecule has 0 saturated carbocycles. The van der Waals surface area contributed by atoms with Crippen molar-refractivity contribution < 1.29 is 14.3 Å². The van der Waals surface area contributed by atoms with Gasteiger partial charge in [-0.1, -0.05) is 24.3 Å². The van der Waals surface area contributed by atoms with Crippen molar-refractivity contribution in [3.8, 4) is 0 Å². The summed E-state index contributed by atoms with van der Waals surface area (Å²) in [6.45, 7) is 2.41. The van der Waals surface area contributed by atoms with Gasteiger partial charge in [-0.05, 0) is 19.1 Å². The van der Waals surface area contributed by atoms with Crippen molar-refractivity contribution in [1.82, 2.24) is 0 Å². The van der Waals surface area contributed by atoms with E-state index < -0.39 is 5.79 Å². The van der Waals surface area contributed by atoms with E-state index in [4.69, 9.17) is 9.47 Å². The molecule has 0 aliphatic heterocycles. The van der Waals surface area contributed by atoms with Gasteiger partial charge in [0.2, 0.25) is 5.79 Å². The third-order valence-corrected chi connectivity index (χ3v) is 2.68. The van der Waals surface area contributed by atoms with Crippen molar-refractivity contribution in [1.29, 1.82) is 0 Å². The van der Waals surface area contributed by atoms with Gasteiger partial charge in [-0.2, -0.15) is 0 Å². The van der Waals surface area contributed by atoms with Gasteiger partial charge in [-0.3, -0.25) is 4.79 Å². The van der Waals surface area contributed by atoms with Crippen molar-refractivity contribution in [2.75, 3.05) is 13.7 Å². The average Bonchev–Trinajstić information content (AvgIpc) is 2.34. The molecule has 3 heteroatoms. The summed E-state index contributed by atoms with van der Waals surface area (Å²) in [5.74, 6) is -0.929. The molecule has 0 radical (unpaired) electrons. The molecule has 16 heavy (non-hydrogen) atoms. The first-order chi connectivity index (χ1) is 7.73. The molecule has 0 unspecified atom stereocenters. The second kappa shape index (κ2) is 4.20. The number of carbonyl (C=O) groups is 1. The maximum absolute atomic E-state index is 11.7. The Morgan fingerprint density at radius 3 is 2.75 bits per heavy atom. The maximum atomic E-state index is 11.7. The molecule has 0 saturated heterocycles. The number of ketones is 1. The number of rotatable bonds is 3. The van der Waals surface area contributed by atoms with Crippen LogP contribution >= 0.6 is 0 Å². The number of methoxy groups -OCH3 is 1. The van der Waals surface area contributed by atoms with Gasteiger partial charge in [0, 0.05) is 24.8 Å². The predicted octanol–water partition coefficient (Wildman–Crippen LogP) is 2.27. The number of carbonyl (C=O) groups excluding carboxylic acids is 1. The molecule has 1 atom stereocenters. The molecule has 0 bridgehead atoms. The van der Waals surface area contributed by atoms with Crippen LogP contribution in [-0.2, 0) is 15.3 Å². The van der Waals surface area contributed by atoms with Crippen LogP contribution in [0.25, 0.3) is 0 Å². The number of fused-ring (bicyclic) bond motifs is 1. The molecular formula is C13H14O3. The van der Waals surface area contributed by atoms with Crippen LogP contribution < -0.4 is 0 Å². The lowest BCUT2D eigenvalue weighted by Gasteiger charge is -2.32. The molecule has 0 spiro atoms. The fourth-order valence-electron chi connectivity index (χ4n) is 1.94. The van der Waals surface area contributed by atoms with E-state index in [1.807, 2.05) is 25.1 Å². The summed E-state index contributed by atoms with van der Waals surface area (Å²) < 4.78 is 11.1. The fourth-order valence-corrected chi connectivity index (χ4v) is 1.94. The molecule has 0 amide bonds. The molecule has 3 nitrogen and oxygen atoms in total. The van der Waals surface area contributed by atoms with Crippen molar-refractivity contribution in [2.24, 2.45) is 0 Å². The lowest BCUT2D eigenvalue weighted by molar-refractivity contribution is -0.194. The van der Waals surface area contributed by atoms with Crippen LogP contribution in [0.5, 0.6) is 0 Å². The van der Waals surface area contributed by atoms with E-state index in [9.17, 15) is 4.79 Å². The number of allylic oxidation sites excluding steroid dienone is 1.